The number of benzene rings is 1. The van der Waals surface area contributed by atoms with Gasteiger partial charge in [0, 0.05) is 0 Å². The molecule has 0 heterocycles. The Balaban J connectivity index is 2.94. The molecule has 0 aliphatic carbocycles. The third-order valence-corrected chi connectivity index (χ3v) is 8.66. The van der Waals surface area contributed by atoms with Crippen LogP contribution in [0, 0.1) is 5.92 Å². The molecule has 0 radical (unpaired) electrons. The molecular formula is C16H28OSi. The van der Waals surface area contributed by atoms with Crippen molar-refractivity contribution in [2.24, 2.45) is 5.92 Å². The fraction of sp³-hybridized carbons (Fsp3) is 0.625. The second kappa shape index (κ2) is 7.10. The second-order valence-corrected chi connectivity index (χ2v) is 10.2. The van der Waals surface area contributed by atoms with Gasteiger partial charge >= 0.3 is 0 Å². The SMILES string of the molecule is CC[Si](CC)(CC)OC(c1ccccc1)C(C)C. The maximum atomic E-state index is 6.67. The van der Waals surface area contributed by atoms with Crippen molar-refractivity contribution in [1.82, 2.24) is 0 Å². The number of hydrogen-bond acceptors (Lipinski definition) is 1. The van der Waals surface area contributed by atoms with Gasteiger partial charge in [-0.05, 0) is 29.6 Å². The van der Waals surface area contributed by atoms with Gasteiger partial charge in [-0.25, -0.2) is 0 Å². The summed E-state index contributed by atoms with van der Waals surface area (Å²) < 4.78 is 6.67. The summed E-state index contributed by atoms with van der Waals surface area (Å²) >= 11 is 0. The third-order valence-electron chi connectivity index (χ3n) is 4.04. The van der Waals surface area contributed by atoms with Crippen LogP contribution < -0.4 is 0 Å². The lowest BCUT2D eigenvalue weighted by atomic mass is 9.99. The molecule has 0 saturated carbocycles. The number of rotatable bonds is 7. The first-order chi connectivity index (χ1) is 8.58. The molecule has 18 heavy (non-hydrogen) atoms. The van der Waals surface area contributed by atoms with Gasteiger partial charge in [0.2, 0.25) is 0 Å². The normalized spacial score (nSPS) is 13.9. The summed E-state index contributed by atoms with van der Waals surface area (Å²) in [6.07, 6.45) is 0.262. The zero-order valence-electron chi connectivity index (χ0n) is 12.6. The summed E-state index contributed by atoms with van der Waals surface area (Å²) in [5.74, 6) is 0.531. The molecule has 1 rings (SSSR count). The van der Waals surface area contributed by atoms with E-state index in [1.165, 1.54) is 23.7 Å². The van der Waals surface area contributed by atoms with E-state index in [0.717, 1.165) is 0 Å². The van der Waals surface area contributed by atoms with Crippen molar-refractivity contribution < 1.29 is 4.43 Å². The van der Waals surface area contributed by atoms with E-state index in [9.17, 15) is 0 Å². The Morgan fingerprint density at radius 2 is 1.44 bits per heavy atom. The standard InChI is InChI=1S/C16H28OSi/c1-6-18(7-2,8-3)17-16(14(4)5)15-12-10-9-11-13-15/h9-14,16H,6-8H2,1-5H3. The minimum Gasteiger partial charge on any atom is -0.410 e. The fourth-order valence-corrected chi connectivity index (χ4v) is 5.45. The minimum atomic E-state index is -1.53. The van der Waals surface area contributed by atoms with Gasteiger partial charge in [0.1, 0.15) is 0 Å². The van der Waals surface area contributed by atoms with Crippen molar-refractivity contribution in [2.75, 3.05) is 0 Å². The predicted octanol–water partition coefficient (Wildman–Crippen LogP) is 5.41. The molecule has 0 aromatic heterocycles. The van der Waals surface area contributed by atoms with Crippen LogP contribution in [0.4, 0.5) is 0 Å². The topological polar surface area (TPSA) is 9.23 Å². The van der Waals surface area contributed by atoms with Crippen LogP contribution in [-0.4, -0.2) is 8.32 Å². The van der Waals surface area contributed by atoms with Gasteiger partial charge < -0.3 is 4.43 Å². The van der Waals surface area contributed by atoms with E-state index in [-0.39, 0.29) is 6.10 Å². The van der Waals surface area contributed by atoms with Crippen LogP contribution in [0.1, 0.15) is 46.3 Å². The quantitative estimate of drug-likeness (QED) is 0.599. The molecule has 1 atom stereocenters. The smallest absolute Gasteiger partial charge is 0.192 e. The van der Waals surface area contributed by atoms with Crippen LogP contribution in [0.2, 0.25) is 18.1 Å². The Morgan fingerprint density at radius 3 is 1.83 bits per heavy atom. The van der Waals surface area contributed by atoms with Gasteiger partial charge in [-0.15, -0.1) is 0 Å². The van der Waals surface area contributed by atoms with Gasteiger partial charge in [-0.2, -0.15) is 0 Å². The summed E-state index contributed by atoms with van der Waals surface area (Å²) in [6, 6.07) is 14.4. The van der Waals surface area contributed by atoms with Crippen LogP contribution in [0.5, 0.6) is 0 Å². The molecule has 0 aliphatic heterocycles. The van der Waals surface area contributed by atoms with Gasteiger partial charge in [0.15, 0.2) is 8.32 Å². The highest BCUT2D eigenvalue weighted by atomic mass is 28.4. The Bertz CT molecular complexity index is 322. The molecule has 102 valence electrons. The Labute approximate surface area is 114 Å². The molecule has 1 aromatic rings. The first-order valence-corrected chi connectivity index (χ1v) is 9.84. The van der Waals surface area contributed by atoms with Crippen molar-refractivity contribution in [3.63, 3.8) is 0 Å². The van der Waals surface area contributed by atoms with Crippen LogP contribution in [-0.2, 0) is 4.43 Å². The average molecular weight is 264 g/mol. The van der Waals surface area contributed by atoms with E-state index in [2.05, 4.69) is 65.0 Å². The van der Waals surface area contributed by atoms with E-state index in [4.69, 9.17) is 4.43 Å². The first kappa shape index (κ1) is 15.5. The van der Waals surface area contributed by atoms with Crippen molar-refractivity contribution >= 4 is 8.32 Å². The molecule has 0 fully saturated rings. The maximum Gasteiger partial charge on any atom is 0.192 e. The Hall–Kier alpha value is -0.603. The third kappa shape index (κ3) is 3.69. The summed E-state index contributed by atoms with van der Waals surface area (Å²) in [5.41, 5.74) is 1.33. The molecule has 0 amide bonds. The highest BCUT2D eigenvalue weighted by Crippen LogP contribution is 2.33. The zero-order valence-corrected chi connectivity index (χ0v) is 13.6. The van der Waals surface area contributed by atoms with Crippen LogP contribution in [0.15, 0.2) is 30.3 Å². The van der Waals surface area contributed by atoms with Gasteiger partial charge in [-0.1, -0.05) is 65.0 Å². The highest BCUT2D eigenvalue weighted by Gasteiger charge is 2.33. The Kier molecular flexibility index (Phi) is 6.10. The van der Waals surface area contributed by atoms with E-state index in [0.29, 0.717) is 5.92 Å². The van der Waals surface area contributed by atoms with Crippen molar-refractivity contribution in [2.45, 2.75) is 58.9 Å². The minimum absolute atomic E-state index is 0.262. The van der Waals surface area contributed by atoms with Crippen molar-refractivity contribution in [3.8, 4) is 0 Å². The molecule has 0 spiro atoms. The molecule has 1 unspecified atom stereocenters. The zero-order chi connectivity index (χ0) is 13.6. The maximum absolute atomic E-state index is 6.67. The van der Waals surface area contributed by atoms with E-state index in [1.807, 2.05) is 0 Å². The van der Waals surface area contributed by atoms with Gasteiger partial charge in [0.05, 0.1) is 6.10 Å². The van der Waals surface area contributed by atoms with E-state index < -0.39 is 8.32 Å². The molecule has 0 N–H and O–H groups in total. The van der Waals surface area contributed by atoms with Crippen LogP contribution in [0.25, 0.3) is 0 Å². The number of hydrogen-bond donors (Lipinski definition) is 0. The van der Waals surface area contributed by atoms with Crippen LogP contribution in [0.3, 0.4) is 0 Å². The lowest BCUT2D eigenvalue weighted by Crippen LogP contribution is -2.38. The lowest BCUT2D eigenvalue weighted by molar-refractivity contribution is 0.139. The molecule has 1 aromatic carbocycles. The van der Waals surface area contributed by atoms with E-state index >= 15 is 0 Å². The second-order valence-electron chi connectivity index (χ2n) is 5.44. The van der Waals surface area contributed by atoms with Crippen LogP contribution >= 0.6 is 0 Å². The fourth-order valence-electron chi connectivity index (χ4n) is 2.50. The van der Waals surface area contributed by atoms with Gasteiger partial charge in [0.25, 0.3) is 0 Å². The molecule has 0 aliphatic rings. The molecule has 0 saturated heterocycles. The van der Waals surface area contributed by atoms with E-state index in [1.54, 1.807) is 0 Å². The first-order valence-electron chi connectivity index (χ1n) is 7.31. The lowest BCUT2D eigenvalue weighted by Gasteiger charge is -2.35. The monoisotopic (exact) mass is 264 g/mol. The highest BCUT2D eigenvalue weighted by molar-refractivity contribution is 6.73. The largest absolute Gasteiger partial charge is 0.410 e. The summed E-state index contributed by atoms with van der Waals surface area (Å²) in [5, 5.41) is 0. The molecule has 2 heteroatoms. The molecule has 1 nitrogen and oxygen atoms in total. The van der Waals surface area contributed by atoms with Gasteiger partial charge in [-0.3, -0.25) is 0 Å². The average Bonchev–Trinajstić information content (AvgIpc) is 2.42. The predicted molar refractivity (Wildman–Crippen MR) is 82.3 cm³/mol. The van der Waals surface area contributed by atoms with Crippen molar-refractivity contribution in [1.29, 1.82) is 0 Å². The summed E-state index contributed by atoms with van der Waals surface area (Å²) in [7, 11) is -1.53. The van der Waals surface area contributed by atoms with Crippen molar-refractivity contribution in [3.05, 3.63) is 35.9 Å². The molecular weight excluding hydrogens is 236 g/mol. The summed E-state index contributed by atoms with van der Waals surface area (Å²) in [6.45, 7) is 11.4. The molecule has 0 bridgehead atoms. The summed E-state index contributed by atoms with van der Waals surface area (Å²) in [4.78, 5) is 0. The Morgan fingerprint density at radius 1 is 0.944 bits per heavy atom.